The predicted molar refractivity (Wildman–Crippen MR) is 149 cm³/mol. The van der Waals surface area contributed by atoms with Crippen molar-refractivity contribution < 1.29 is 9.53 Å². The second kappa shape index (κ2) is 10.1. The topological polar surface area (TPSA) is 46.5 Å². The predicted octanol–water partition coefficient (Wildman–Crippen LogP) is 6.94. The maximum absolute atomic E-state index is 14.0. The van der Waals surface area contributed by atoms with E-state index in [0.29, 0.717) is 19.7 Å². The first kappa shape index (κ1) is 23.9. The Balaban J connectivity index is 1.41. The van der Waals surface area contributed by atoms with E-state index in [1.54, 1.807) is 0 Å². The minimum absolute atomic E-state index is 0.0455. The van der Waals surface area contributed by atoms with Gasteiger partial charge in [0.25, 0.3) is 0 Å². The first-order chi connectivity index (χ1) is 18.1. The Morgan fingerprint density at radius 1 is 1.03 bits per heavy atom. The molecule has 1 N–H and O–H groups in total. The zero-order valence-corrected chi connectivity index (χ0v) is 22.3. The quantitative estimate of drug-likeness (QED) is 0.315. The Morgan fingerprint density at radius 3 is 2.59 bits per heavy atom. The van der Waals surface area contributed by atoms with E-state index in [1.165, 1.54) is 39.4 Å². The van der Waals surface area contributed by atoms with Gasteiger partial charge in [-0.15, -0.1) is 11.3 Å². The van der Waals surface area contributed by atoms with Crippen LogP contribution in [0.1, 0.15) is 64.2 Å². The van der Waals surface area contributed by atoms with Gasteiger partial charge in [-0.3, -0.25) is 0 Å². The Hall–Kier alpha value is -3.51. The van der Waals surface area contributed by atoms with E-state index in [9.17, 15) is 4.79 Å². The molecule has 0 saturated carbocycles. The van der Waals surface area contributed by atoms with Gasteiger partial charge >= 0.3 is 6.03 Å². The van der Waals surface area contributed by atoms with Crippen molar-refractivity contribution in [3.05, 3.63) is 105 Å². The van der Waals surface area contributed by atoms with Crippen molar-refractivity contribution in [2.75, 3.05) is 6.61 Å². The number of aromatic nitrogens is 1. The Morgan fingerprint density at radius 2 is 1.81 bits per heavy atom. The number of rotatable bonds is 5. The standard InChI is InChI=1S/C31H33N3O2S/c1-3-36-24-16-14-23(15-17-24)29-27-8-6-18-33(27)30-26(25-7-4-5-9-28(25)37-30)20-34(29)31(35)32-19-22-12-10-21(2)11-13-22/h6,8,10-18,29H,3-5,7,9,19-20H2,1-2H3,(H,32,35)/t29-/m0/s1. The van der Waals surface area contributed by atoms with Gasteiger partial charge in [0.05, 0.1) is 24.9 Å². The van der Waals surface area contributed by atoms with Crippen LogP contribution in [0.2, 0.25) is 0 Å². The van der Waals surface area contributed by atoms with Crippen LogP contribution in [0.4, 0.5) is 4.79 Å². The number of hydrogen-bond donors (Lipinski definition) is 1. The molecule has 6 heteroatoms. The van der Waals surface area contributed by atoms with Crippen molar-refractivity contribution in [2.24, 2.45) is 0 Å². The molecule has 2 aromatic heterocycles. The molecule has 0 radical (unpaired) electrons. The number of aryl methyl sites for hydroxylation is 2. The summed E-state index contributed by atoms with van der Waals surface area (Å²) < 4.78 is 8.03. The summed E-state index contributed by atoms with van der Waals surface area (Å²) >= 11 is 1.91. The molecule has 0 bridgehead atoms. The average molecular weight is 512 g/mol. The van der Waals surface area contributed by atoms with E-state index in [1.807, 2.05) is 35.3 Å². The number of hydrogen-bond acceptors (Lipinski definition) is 3. The molecule has 190 valence electrons. The van der Waals surface area contributed by atoms with E-state index < -0.39 is 0 Å². The monoisotopic (exact) mass is 511 g/mol. The Kier molecular flexibility index (Phi) is 6.51. The lowest BCUT2D eigenvalue weighted by Crippen LogP contribution is -2.41. The maximum Gasteiger partial charge on any atom is 0.318 e. The largest absolute Gasteiger partial charge is 0.494 e. The number of carbonyl (C=O) groups is 1. The van der Waals surface area contributed by atoms with Crippen molar-refractivity contribution in [1.82, 2.24) is 14.8 Å². The van der Waals surface area contributed by atoms with Gasteiger partial charge in [0.15, 0.2) is 0 Å². The summed E-state index contributed by atoms with van der Waals surface area (Å²) in [5.41, 5.74) is 7.30. The number of urea groups is 1. The summed E-state index contributed by atoms with van der Waals surface area (Å²) in [5.74, 6) is 0.846. The number of thiophene rings is 1. The second-order valence-corrected chi connectivity index (χ2v) is 11.1. The van der Waals surface area contributed by atoms with Crippen LogP contribution in [0, 0.1) is 6.92 Å². The van der Waals surface area contributed by atoms with Crippen LogP contribution >= 0.6 is 11.3 Å². The summed E-state index contributed by atoms with van der Waals surface area (Å²) in [5, 5.41) is 4.50. The lowest BCUT2D eigenvalue weighted by atomic mass is 9.95. The average Bonchev–Trinajstić information content (AvgIpc) is 3.51. The molecule has 1 atom stereocenters. The van der Waals surface area contributed by atoms with E-state index in [0.717, 1.165) is 35.4 Å². The third kappa shape index (κ3) is 4.55. The van der Waals surface area contributed by atoms with Crippen molar-refractivity contribution in [1.29, 1.82) is 0 Å². The Labute approximate surface area is 222 Å². The first-order valence-corrected chi connectivity index (χ1v) is 14.1. The molecule has 37 heavy (non-hydrogen) atoms. The van der Waals surface area contributed by atoms with Crippen LogP contribution in [-0.4, -0.2) is 22.1 Å². The van der Waals surface area contributed by atoms with Gasteiger partial charge in [-0.1, -0.05) is 42.0 Å². The van der Waals surface area contributed by atoms with Crippen molar-refractivity contribution in [2.45, 2.75) is 58.7 Å². The number of benzene rings is 2. The summed E-state index contributed by atoms with van der Waals surface area (Å²) in [4.78, 5) is 17.5. The highest BCUT2D eigenvalue weighted by atomic mass is 32.1. The second-order valence-electron chi connectivity index (χ2n) is 9.97. The van der Waals surface area contributed by atoms with Crippen LogP contribution < -0.4 is 10.1 Å². The molecule has 0 unspecified atom stereocenters. The first-order valence-electron chi connectivity index (χ1n) is 13.3. The molecule has 2 amide bonds. The molecular formula is C31H33N3O2S. The van der Waals surface area contributed by atoms with Gasteiger partial charge in [0, 0.05) is 23.2 Å². The molecule has 5 nitrogen and oxygen atoms in total. The highest BCUT2D eigenvalue weighted by Crippen LogP contribution is 2.44. The molecule has 0 spiro atoms. The molecule has 2 aromatic carbocycles. The van der Waals surface area contributed by atoms with Gasteiger partial charge in [0.1, 0.15) is 10.8 Å². The number of fused-ring (bicyclic) bond motifs is 5. The fraction of sp³-hybridized carbons (Fsp3) is 0.323. The SMILES string of the molecule is CCOc1ccc([C@H]2c3cccn3-c3sc4c(c3CN2C(=O)NCc2ccc(C)cc2)CCCC4)cc1. The molecule has 4 aromatic rings. The van der Waals surface area contributed by atoms with E-state index in [2.05, 4.69) is 71.5 Å². The van der Waals surface area contributed by atoms with Gasteiger partial charge in [0.2, 0.25) is 0 Å². The number of amides is 2. The molecule has 3 heterocycles. The number of carbonyl (C=O) groups excluding carboxylic acids is 1. The lowest BCUT2D eigenvalue weighted by molar-refractivity contribution is 0.180. The van der Waals surface area contributed by atoms with Gasteiger partial charge < -0.3 is 19.5 Å². The third-order valence-corrected chi connectivity index (χ3v) is 8.84. The summed E-state index contributed by atoms with van der Waals surface area (Å²) in [7, 11) is 0. The summed E-state index contributed by atoms with van der Waals surface area (Å²) in [6, 6.07) is 20.6. The minimum atomic E-state index is -0.206. The maximum atomic E-state index is 14.0. The van der Waals surface area contributed by atoms with Crippen molar-refractivity contribution in [3.63, 3.8) is 0 Å². The Bertz CT molecular complexity index is 1400. The summed E-state index contributed by atoms with van der Waals surface area (Å²) in [6.07, 6.45) is 6.87. The van der Waals surface area contributed by atoms with Crippen LogP contribution in [0.5, 0.6) is 5.75 Å². The van der Waals surface area contributed by atoms with Gasteiger partial charge in [-0.25, -0.2) is 4.79 Å². The zero-order valence-electron chi connectivity index (χ0n) is 21.5. The van der Waals surface area contributed by atoms with E-state index in [4.69, 9.17) is 4.74 Å². The third-order valence-electron chi connectivity index (χ3n) is 7.51. The lowest BCUT2D eigenvalue weighted by Gasteiger charge is -2.31. The number of ether oxygens (including phenoxy) is 1. The highest BCUT2D eigenvalue weighted by molar-refractivity contribution is 7.15. The van der Waals surface area contributed by atoms with Crippen molar-refractivity contribution >= 4 is 17.4 Å². The van der Waals surface area contributed by atoms with Crippen LogP contribution in [-0.2, 0) is 25.9 Å². The molecule has 1 aliphatic heterocycles. The number of nitrogens with one attached hydrogen (secondary N) is 1. The fourth-order valence-electron chi connectivity index (χ4n) is 5.64. The van der Waals surface area contributed by atoms with Crippen LogP contribution in [0.15, 0.2) is 66.9 Å². The highest BCUT2D eigenvalue weighted by Gasteiger charge is 2.36. The van der Waals surface area contributed by atoms with E-state index >= 15 is 0 Å². The molecular weight excluding hydrogens is 478 g/mol. The normalized spacial score (nSPS) is 16.4. The molecule has 6 rings (SSSR count). The molecule has 1 aliphatic carbocycles. The number of nitrogens with zero attached hydrogens (tertiary/aromatic N) is 2. The smallest absolute Gasteiger partial charge is 0.318 e. The fourth-order valence-corrected chi connectivity index (χ4v) is 7.04. The molecule has 0 fully saturated rings. The molecule has 0 saturated heterocycles. The van der Waals surface area contributed by atoms with Crippen LogP contribution in [0.3, 0.4) is 0 Å². The molecule has 2 aliphatic rings. The van der Waals surface area contributed by atoms with Gasteiger partial charge in [-0.2, -0.15) is 0 Å². The minimum Gasteiger partial charge on any atom is -0.494 e. The van der Waals surface area contributed by atoms with Crippen molar-refractivity contribution in [3.8, 4) is 10.8 Å². The van der Waals surface area contributed by atoms with E-state index in [-0.39, 0.29) is 12.1 Å². The van der Waals surface area contributed by atoms with Crippen LogP contribution in [0.25, 0.3) is 5.00 Å². The van der Waals surface area contributed by atoms with Gasteiger partial charge in [-0.05, 0) is 80.5 Å². The summed E-state index contributed by atoms with van der Waals surface area (Å²) in [6.45, 7) is 5.80. The zero-order chi connectivity index (χ0) is 25.4.